The van der Waals surface area contributed by atoms with Gasteiger partial charge in [-0.3, -0.25) is 9.59 Å². The van der Waals surface area contributed by atoms with Crippen molar-refractivity contribution in [2.75, 3.05) is 13.7 Å². The van der Waals surface area contributed by atoms with Crippen molar-refractivity contribution in [3.63, 3.8) is 0 Å². The summed E-state index contributed by atoms with van der Waals surface area (Å²) in [4.78, 5) is 24.5. The number of nitrogens with one attached hydrogen (secondary N) is 1. The topological polar surface area (TPSA) is 47.8 Å². The smallest absolute Gasteiger partial charge is 0.310 e. The standard InChI is InChI=1S/C12H9NO3/c1-13-8-5-3-2-4-7(8)11(15)10-9(14)6-16-12(10)13/h2-5H,6H2,1H3/p+1. The number of rotatable bonds is 0. The molecule has 2 heterocycles. The Morgan fingerprint density at radius 1 is 1.25 bits per heavy atom. The van der Waals surface area contributed by atoms with Gasteiger partial charge in [0, 0.05) is 6.07 Å². The van der Waals surface area contributed by atoms with Crippen molar-refractivity contribution >= 4 is 17.3 Å². The van der Waals surface area contributed by atoms with Crippen LogP contribution in [0, 0.1) is 0 Å². The van der Waals surface area contributed by atoms with Crippen molar-refractivity contribution in [3.05, 3.63) is 41.3 Å². The second kappa shape index (κ2) is 3.02. The van der Waals surface area contributed by atoms with Crippen LogP contribution in [0.4, 0.5) is 5.69 Å². The minimum absolute atomic E-state index is 0.0122. The van der Waals surface area contributed by atoms with Gasteiger partial charge in [0.25, 0.3) is 0 Å². The predicted octanol–water partition coefficient (Wildman–Crippen LogP) is -0.160. The maximum Gasteiger partial charge on any atom is 0.310 e. The minimum Gasteiger partial charge on any atom is -0.443 e. The van der Waals surface area contributed by atoms with Crippen LogP contribution in [0.15, 0.2) is 35.7 Å². The van der Waals surface area contributed by atoms with Gasteiger partial charge in [-0.25, -0.2) is 4.90 Å². The first-order valence-corrected chi connectivity index (χ1v) is 5.08. The highest BCUT2D eigenvalue weighted by Crippen LogP contribution is 2.25. The first-order valence-electron chi connectivity index (χ1n) is 5.08. The first-order chi connectivity index (χ1) is 7.70. The summed E-state index contributed by atoms with van der Waals surface area (Å²) in [6, 6.07) is 7.29. The number of ether oxygens (including phenoxy) is 1. The number of benzene rings is 1. The Balaban J connectivity index is 2.25. The molecular weight excluding hydrogens is 206 g/mol. The molecule has 0 amide bonds. The van der Waals surface area contributed by atoms with E-state index in [0.717, 1.165) is 10.6 Å². The van der Waals surface area contributed by atoms with Gasteiger partial charge in [0.1, 0.15) is 5.69 Å². The summed E-state index contributed by atoms with van der Waals surface area (Å²) in [6.07, 6.45) is 0. The molecule has 16 heavy (non-hydrogen) atoms. The molecule has 2 aliphatic heterocycles. The molecule has 0 radical (unpaired) electrons. The zero-order chi connectivity index (χ0) is 11.3. The molecule has 0 fully saturated rings. The quantitative estimate of drug-likeness (QED) is 0.613. The summed E-state index contributed by atoms with van der Waals surface area (Å²) < 4.78 is 5.28. The molecule has 1 atom stereocenters. The highest BCUT2D eigenvalue weighted by molar-refractivity contribution is 6.29. The fourth-order valence-corrected chi connectivity index (χ4v) is 2.20. The molecule has 0 aliphatic carbocycles. The number of hydrogen-bond donors (Lipinski definition) is 1. The SMILES string of the molecule is C[NH+]1C2=C(C(=O)CO2)C(=O)c2ccccc21. The molecular formula is C12H10NO3+. The van der Waals surface area contributed by atoms with Crippen molar-refractivity contribution < 1.29 is 19.2 Å². The number of Topliss-reactive ketones (excluding diaryl/α,β-unsaturated/α-hetero) is 2. The Bertz CT molecular complexity index is 545. The van der Waals surface area contributed by atoms with Crippen LogP contribution in [-0.4, -0.2) is 25.2 Å². The summed E-state index contributed by atoms with van der Waals surface area (Å²) in [5.74, 6) is 0.0428. The van der Waals surface area contributed by atoms with Gasteiger partial charge in [0.15, 0.2) is 12.2 Å². The fraction of sp³-hybridized carbons (Fsp3) is 0.167. The number of para-hydroxylation sites is 1. The van der Waals surface area contributed by atoms with E-state index in [9.17, 15) is 9.59 Å². The summed E-state index contributed by atoms with van der Waals surface area (Å²) in [5, 5.41) is 0. The van der Waals surface area contributed by atoms with Gasteiger partial charge in [0.2, 0.25) is 11.6 Å². The summed E-state index contributed by atoms with van der Waals surface area (Å²) in [6.45, 7) is -0.0122. The van der Waals surface area contributed by atoms with Crippen LogP contribution in [0.25, 0.3) is 0 Å². The third kappa shape index (κ3) is 1.02. The van der Waals surface area contributed by atoms with Gasteiger partial charge in [-0.1, -0.05) is 12.1 Å². The third-order valence-electron chi connectivity index (χ3n) is 3.00. The monoisotopic (exact) mass is 216 g/mol. The molecule has 1 aromatic carbocycles. The number of ketones is 2. The van der Waals surface area contributed by atoms with E-state index in [2.05, 4.69) is 0 Å². The minimum atomic E-state index is -0.214. The third-order valence-corrected chi connectivity index (χ3v) is 3.00. The molecule has 0 aromatic heterocycles. The van der Waals surface area contributed by atoms with Gasteiger partial charge in [-0.15, -0.1) is 0 Å². The second-order valence-corrected chi connectivity index (χ2v) is 3.92. The van der Waals surface area contributed by atoms with E-state index < -0.39 is 0 Å². The van der Waals surface area contributed by atoms with Crippen LogP contribution < -0.4 is 4.90 Å². The van der Waals surface area contributed by atoms with Crippen molar-refractivity contribution in [1.82, 2.24) is 0 Å². The van der Waals surface area contributed by atoms with E-state index in [0.29, 0.717) is 11.4 Å². The average Bonchev–Trinajstić information content (AvgIpc) is 2.69. The molecule has 4 nitrogen and oxygen atoms in total. The number of hydrogen-bond acceptors (Lipinski definition) is 3. The maximum absolute atomic E-state index is 12.1. The van der Waals surface area contributed by atoms with Crippen molar-refractivity contribution in [1.29, 1.82) is 0 Å². The zero-order valence-electron chi connectivity index (χ0n) is 8.74. The second-order valence-electron chi connectivity index (χ2n) is 3.92. The molecule has 80 valence electrons. The first kappa shape index (κ1) is 9.30. The molecule has 0 saturated carbocycles. The van der Waals surface area contributed by atoms with Gasteiger partial charge in [0.05, 0.1) is 12.6 Å². The molecule has 4 heteroatoms. The normalized spacial score (nSPS) is 22.9. The van der Waals surface area contributed by atoms with Crippen LogP contribution in [-0.2, 0) is 9.53 Å². The lowest BCUT2D eigenvalue weighted by Gasteiger charge is -2.20. The van der Waals surface area contributed by atoms with Crippen LogP contribution in [0.5, 0.6) is 0 Å². The van der Waals surface area contributed by atoms with Gasteiger partial charge in [-0.05, 0) is 6.07 Å². The highest BCUT2D eigenvalue weighted by atomic mass is 16.5. The average molecular weight is 216 g/mol. The number of carbonyl (C=O) groups is 2. The zero-order valence-corrected chi connectivity index (χ0v) is 8.74. The Morgan fingerprint density at radius 2 is 2.00 bits per heavy atom. The largest absolute Gasteiger partial charge is 0.443 e. The van der Waals surface area contributed by atoms with Crippen molar-refractivity contribution in [3.8, 4) is 0 Å². The molecule has 1 N–H and O–H groups in total. The molecule has 2 aliphatic rings. The van der Waals surface area contributed by atoms with Gasteiger partial charge < -0.3 is 4.74 Å². The Labute approximate surface area is 92.1 Å². The van der Waals surface area contributed by atoms with E-state index in [1.165, 1.54) is 0 Å². The van der Waals surface area contributed by atoms with E-state index in [4.69, 9.17) is 4.74 Å². The van der Waals surface area contributed by atoms with Gasteiger partial charge in [-0.2, -0.15) is 0 Å². The molecule has 1 aromatic rings. The van der Waals surface area contributed by atoms with E-state index in [-0.39, 0.29) is 23.7 Å². The lowest BCUT2D eigenvalue weighted by atomic mass is 9.96. The molecule has 3 rings (SSSR count). The van der Waals surface area contributed by atoms with E-state index in [1.54, 1.807) is 12.1 Å². The highest BCUT2D eigenvalue weighted by Gasteiger charge is 2.43. The number of quaternary nitrogens is 1. The lowest BCUT2D eigenvalue weighted by molar-refractivity contribution is -0.786. The fourth-order valence-electron chi connectivity index (χ4n) is 2.20. The molecule has 0 spiro atoms. The Morgan fingerprint density at radius 3 is 2.81 bits per heavy atom. The van der Waals surface area contributed by atoms with Crippen LogP contribution >= 0.6 is 0 Å². The van der Waals surface area contributed by atoms with Crippen LogP contribution in [0.2, 0.25) is 0 Å². The number of carbonyl (C=O) groups excluding carboxylic acids is 2. The molecule has 0 bridgehead atoms. The summed E-state index contributed by atoms with van der Waals surface area (Å²) in [5.41, 5.74) is 1.68. The predicted molar refractivity (Wildman–Crippen MR) is 55.3 cm³/mol. The molecule has 1 unspecified atom stereocenters. The lowest BCUT2D eigenvalue weighted by Crippen LogP contribution is -3.03. The Hall–Kier alpha value is -1.94. The van der Waals surface area contributed by atoms with Crippen molar-refractivity contribution in [2.45, 2.75) is 0 Å². The summed E-state index contributed by atoms with van der Waals surface area (Å²) in [7, 11) is 1.87. The maximum atomic E-state index is 12.1. The van der Waals surface area contributed by atoms with E-state index in [1.807, 2.05) is 19.2 Å². The molecule has 0 saturated heterocycles. The number of fused-ring (bicyclic) bond motifs is 1. The van der Waals surface area contributed by atoms with E-state index >= 15 is 0 Å². The van der Waals surface area contributed by atoms with Crippen LogP contribution in [0.1, 0.15) is 10.4 Å². The van der Waals surface area contributed by atoms with Gasteiger partial charge >= 0.3 is 5.88 Å². The Kier molecular flexibility index (Phi) is 1.76. The van der Waals surface area contributed by atoms with Crippen LogP contribution in [0.3, 0.4) is 0 Å². The summed E-state index contributed by atoms with van der Waals surface area (Å²) >= 11 is 0. The van der Waals surface area contributed by atoms with Crippen molar-refractivity contribution in [2.24, 2.45) is 0 Å².